The summed E-state index contributed by atoms with van der Waals surface area (Å²) in [5.41, 5.74) is 0.389. The van der Waals surface area contributed by atoms with E-state index in [1.807, 2.05) is 18.7 Å². The molecule has 1 aromatic carbocycles. The normalized spacial score (nSPS) is 14.6. The number of hydrogen-bond acceptors (Lipinski definition) is 5. The Bertz CT molecular complexity index is 492. The molecule has 22 heavy (non-hydrogen) atoms. The number of morpholine rings is 1. The third kappa shape index (κ3) is 4.83. The molecular formula is C17H32N2O3. The van der Waals surface area contributed by atoms with E-state index < -0.39 is 0 Å². The van der Waals surface area contributed by atoms with E-state index in [0.29, 0.717) is 37.7 Å². The molecule has 2 rings (SSSR count). The van der Waals surface area contributed by atoms with Gasteiger partial charge in [-0.1, -0.05) is 46.5 Å². The topological polar surface area (TPSA) is 58.6 Å². The van der Waals surface area contributed by atoms with Crippen LogP contribution in [-0.4, -0.2) is 32.8 Å². The Labute approximate surface area is 134 Å². The number of unbranched alkanes of at least 4 members (excludes halogenated alkanes) is 4. The van der Waals surface area contributed by atoms with Gasteiger partial charge in [-0.3, -0.25) is 9.59 Å². The van der Waals surface area contributed by atoms with Crippen molar-refractivity contribution in [1.29, 1.82) is 0 Å². The molecule has 0 atom stereocenters. The second-order valence-corrected chi connectivity index (χ2v) is 5.32. The van der Waals surface area contributed by atoms with Crippen molar-refractivity contribution < 1.29 is 6.16 Å². The summed E-state index contributed by atoms with van der Waals surface area (Å²) in [5.74, 6) is 0. The minimum Gasteiger partial charge on any atom is -0.380 e. The largest absolute Gasteiger partial charge is 0.380 e. The Balaban J connectivity index is 0.00000155. The number of hydrogen-bond donors (Lipinski definition) is 1. The van der Waals surface area contributed by atoms with E-state index in [4.69, 9.17) is 4.74 Å². The van der Waals surface area contributed by atoms with Gasteiger partial charge in [-0.15, -0.1) is 0 Å². The summed E-state index contributed by atoms with van der Waals surface area (Å²) < 4.78 is 5.27. The highest BCUT2D eigenvalue weighted by Crippen LogP contribution is 2.21. The van der Waals surface area contributed by atoms with Crippen LogP contribution in [0.3, 0.4) is 0 Å². The lowest BCUT2D eigenvalue weighted by atomic mass is 10.1. The van der Waals surface area contributed by atoms with Crippen molar-refractivity contribution in [3.8, 4) is 0 Å². The molecule has 0 aliphatic carbocycles. The number of ether oxygens (including phenoxy) is 1. The van der Waals surface area contributed by atoms with E-state index in [9.17, 15) is 9.59 Å². The Morgan fingerprint density at radius 3 is 2.32 bits per heavy atom. The first kappa shape index (κ1) is 18.7. The molecule has 0 unspecified atom stereocenters. The van der Waals surface area contributed by atoms with Crippen molar-refractivity contribution in [2.24, 2.45) is 0 Å². The maximum absolute atomic E-state index is 11.7. The number of anilines is 2. The highest BCUT2D eigenvalue weighted by molar-refractivity contribution is 5.75. The van der Waals surface area contributed by atoms with Crippen LogP contribution in [0.5, 0.6) is 0 Å². The molecule has 0 radical (unpaired) electrons. The summed E-state index contributed by atoms with van der Waals surface area (Å²) in [4.78, 5) is 25.3. The third-order valence-corrected chi connectivity index (χ3v) is 3.79. The van der Waals surface area contributed by atoms with Gasteiger partial charge in [0.05, 0.1) is 13.2 Å². The second kappa shape index (κ2) is 10.4. The quantitative estimate of drug-likeness (QED) is 0.591. The lowest BCUT2D eigenvalue weighted by Crippen LogP contribution is -2.47. The zero-order valence-corrected chi connectivity index (χ0v) is 14.2. The minimum absolute atomic E-state index is 0. The van der Waals surface area contributed by atoms with Crippen LogP contribution in [0.1, 0.15) is 54.3 Å². The Kier molecular flexibility index (Phi) is 8.82. The zero-order valence-electron chi connectivity index (χ0n) is 14.2. The molecule has 1 heterocycles. The summed E-state index contributed by atoms with van der Waals surface area (Å²) >= 11 is 0. The summed E-state index contributed by atoms with van der Waals surface area (Å²) in [6, 6.07) is 0. The fourth-order valence-corrected chi connectivity index (χ4v) is 2.57. The van der Waals surface area contributed by atoms with Crippen molar-refractivity contribution in [2.75, 3.05) is 43.1 Å². The van der Waals surface area contributed by atoms with Crippen molar-refractivity contribution in [2.45, 2.75) is 52.9 Å². The Morgan fingerprint density at radius 2 is 1.68 bits per heavy atom. The number of rotatable bonds is 8. The van der Waals surface area contributed by atoms with Crippen LogP contribution in [0.25, 0.3) is 0 Å². The molecule has 0 aromatic heterocycles. The smallest absolute Gasteiger partial charge is 0.253 e. The van der Waals surface area contributed by atoms with E-state index in [-0.39, 0.29) is 12.3 Å². The van der Waals surface area contributed by atoms with Crippen LogP contribution in [0.4, 0.5) is 11.4 Å². The van der Waals surface area contributed by atoms with Gasteiger partial charge in [0, 0.05) is 21.1 Å². The molecule has 1 N–H and O–H groups in total. The summed E-state index contributed by atoms with van der Waals surface area (Å²) in [6.07, 6.45) is 5.94. The lowest BCUT2D eigenvalue weighted by molar-refractivity contribution is 0.122. The van der Waals surface area contributed by atoms with Crippen molar-refractivity contribution in [3.05, 3.63) is 20.4 Å². The number of nitrogens with one attached hydrogen (secondary N) is 1. The first-order valence-corrected chi connectivity index (χ1v) is 8.65. The van der Waals surface area contributed by atoms with Gasteiger partial charge < -0.3 is 15.0 Å². The average Bonchev–Trinajstić information content (AvgIpc) is 2.58. The zero-order chi connectivity index (χ0) is 16.4. The van der Waals surface area contributed by atoms with Gasteiger partial charge in [0.2, 0.25) is 0 Å². The van der Waals surface area contributed by atoms with Gasteiger partial charge in [0.15, 0.2) is 0 Å². The van der Waals surface area contributed by atoms with E-state index >= 15 is 0 Å². The summed E-state index contributed by atoms with van der Waals surface area (Å²) in [7, 11) is 0. The molecule has 1 aromatic rings. The average molecular weight is 312 g/mol. The van der Waals surface area contributed by atoms with E-state index in [0.717, 1.165) is 13.0 Å². The third-order valence-electron chi connectivity index (χ3n) is 3.79. The fraction of sp³-hybridized carbons (Fsp3) is 0.765. The molecule has 1 saturated heterocycles. The van der Waals surface area contributed by atoms with Gasteiger partial charge in [0.25, 0.3) is 10.9 Å². The van der Waals surface area contributed by atoms with Gasteiger partial charge in [-0.25, -0.2) is 0 Å². The second-order valence-electron chi connectivity index (χ2n) is 5.32. The molecule has 0 saturated carbocycles. The van der Waals surface area contributed by atoms with Crippen molar-refractivity contribution in [1.82, 2.24) is 0 Å². The standard InChI is InChI=1S/C15H24N2O3.C2H6.H2/c1-2-3-4-5-6-7-16-12-13(15(19)14(12)18)17-8-10-20-11-9-17;1-2;/h16H,2-11H2,1H3;1-2H3;1H. The van der Waals surface area contributed by atoms with Gasteiger partial charge in [-0.05, 0) is 6.42 Å². The van der Waals surface area contributed by atoms with Gasteiger partial charge in [0.1, 0.15) is 11.4 Å². The highest BCUT2D eigenvalue weighted by Gasteiger charge is 2.26. The van der Waals surface area contributed by atoms with E-state index in [2.05, 4.69) is 12.2 Å². The lowest BCUT2D eigenvalue weighted by Gasteiger charge is -2.30. The molecule has 1 aliphatic heterocycles. The molecule has 1 fully saturated rings. The Hall–Kier alpha value is -1.36. The molecule has 5 heteroatoms. The molecule has 0 spiro atoms. The van der Waals surface area contributed by atoms with Crippen LogP contribution < -0.4 is 21.1 Å². The highest BCUT2D eigenvalue weighted by atomic mass is 16.5. The van der Waals surface area contributed by atoms with Crippen molar-refractivity contribution in [3.63, 3.8) is 0 Å². The molecule has 0 amide bonds. The van der Waals surface area contributed by atoms with Crippen LogP contribution in [0, 0.1) is 0 Å². The molecule has 128 valence electrons. The first-order valence-electron chi connectivity index (χ1n) is 8.65. The van der Waals surface area contributed by atoms with Crippen LogP contribution >= 0.6 is 0 Å². The molecule has 0 bridgehead atoms. The maximum Gasteiger partial charge on any atom is 0.253 e. The summed E-state index contributed by atoms with van der Waals surface area (Å²) in [5, 5.41) is 3.15. The van der Waals surface area contributed by atoms with Gasteiger partial charge >= 0.3 is 0 Å². The monoisotopic (exact) mass is 312 g/mol. The predicted molar refractivity (Wildman–Crippen MR) is 95.1 cm³/mol. The van der Waals surface area contributed by atoms with Crippen LogP contribution in [0.2, 0.25) is 0 Å². The van der Waals surface area contributed by atoms with E-state index in [1.54, 1.807) is 0 Å². The summed E-state index contributed by atoms with van der Waals surface area (Å²) in [6.45, 7) is 9.58. The Morgan fingerprint density at radius 1 is 1.05 bits per heavy atom. The van der Waals surface area contributed by atoms with E-state index in [1.165, 1.54) is 25.7 Å². The predicted octanol–water partition coefficient (Wildman–Crippen LogP) is 2.77. The van der Waals surface area contributed by atoms with Crippen LogP contribution in [0.15, 0.2) is 9.59 Å². The maximum atomic E-state index is 11.7. The first-order chi connectivity index (χ1) is 10.8. The number of nitrogens with zero attached hydrogens (tertiary/aromatic N) is 1. The van der Waals surface area contributed by atoms with Crippen LogP contribution in [-0.2, 0) is 4.74 Å². The molecule has 5 nitrogen and oxygen atoms in total. The SMILES string of the molecule is CC.CCCCCCCNc1c(N2CCOCC2)c(=O)c1=O.[HH]. The minimum atomic E-state index is -0.361. The van der Waals surface area contributed by atoms with Gasteiger partial charge in [-0.2, -0.15) is 0 Å². The molecular weight excluding hydrogens is 280 g/mol. The molecule has 1 aliphatic rings. The fourth-order valence-electron chi connectivity index (χ4n) is 2.57. The van der Waals surface area contributed by atoms with Crippen molar-refractivity contribution >= 4 is 11.4 Å².